The maximum atomic E-state index is 10.2. The Bertz CT molecular complexity index is 248. The zero-order valence-corrected chi connectivity index (χ0v) is 6.94. The predicted octanol–water partition coefficient (Wildman–Crippen LogP) is 2.39. The van der Waals surface area contributed by atoms with E-state index in [1.54, 1.807) is 0 Å². The molecule has 1 heterocycles. The molecule has 0 aliphatic rings. The lowest BCUT2D eigenvalue weighted by molar-refractivity contribution is 0.0662. The van der Waals surface area contributed by atoms with Crippen LogP contribution in [-0.2, 0) is 0 Å². The second-order valence-electron chi connectivity index (χ2n) is 1.54. The highest BCUT2D eigenvalue weighted by Crippen LogP contribution is 2.25. The van der Waals surface area contributed by atoms with E-state index in [0.29, 0.717) is 4.47 Å². The van der Waals surface area contributed by atoms with Gasteiger partial charge in [-0.1, -0.05) is 0 Å². The smallest absolute Gasteiger partial charge is 0.371 e. The molecule has 0 bridgehead atoms. The fourth-order valence-corrected chi connectivity index (χ4v) is 0.879. The number of furan rings is 1. The molecule has 1 N–H and O–H groups in total. The minimum absolute atomic E-state index is 0.0531. The van der Waals surface area contributed by atoms with Crippen molar-refractivity contribution in [1.82, 2.24) is 0 Å². The number of hydrogen-bond donors (Lipinski definition) is 1. The highest BCUT2D eigenvalue weighted by molar-refractivity contribution is 9.10. The second-order valence-corrected chi connectivity index (χ2v) is 2.74. The lowest BCUT2D eigenvalue weighted by Gasteiger charge is -1.80. The average molecular weight is 225 g/mol. The Morgan fingerprint density at radius 2 is 2.40 bits per heavy atom. The molecule has 5 heteroatoms. The molecule has 0 aromatic carbocycles. The molecule has 0 saturated heterocycles. The van der Waals surface area contributed by atoms with Crippen molar-refractivity contribution in [2.24, 2.45) is 0 Å². The van der Waals surface area contributed by atoms with Gasteiger partial charge in [-0.05, 0) is 27.5 Å². The summed E-state index contributed by atoms with van der Waals surface area (Å²) in [6, 6.07) is 1.30. The topological polar surface area (TPSA) is 50.4 Å². The molecule has 0 aliphatic heterocycles. The number of halogens is 2. The number of carbonyl (C=O) groups is 1. The predicted molar refractivity (Wildman–Crippen MR) is 38.4 cm³/mol. The third kappa shape index (κ3) is 1.33. The van der Waals surface area contributed by atoms with Crippen LogP contribution in [0.25, 0.3) is 0 Å². The minimum atomic E-state index is -1.13. The molecular formula is C5H2BrClO3. The average Bonchev–Trinajstić information content (AvgIpc) is 2.13. The fraction of sp³-hybridized carbons (Fsp3) is 0. The van der Waals surface area contributed by atoms with Gasteiger partial charge in [0.1, 0.15) is 0 Å². The molecule has 3 nitrogen and oxygen atoms in total. The molecule has 0 atom stereocenters. The van der Waals surface area contributed by atoms with E-state index in [0.717, 1.165) is 0 Å². The summed E-state index contributed by atoms with van der Waals surface area (Å²) >= 11 is 8.39. The molecule has 1 aromatic heterocycles. The summed E-state index contributed by atoms with van der Waals surface area (Å²) in [6.45, 7) is 0. The van der Waals surface area contributed by atoms with Gasteiger partial charge in [0.15, 0.2) is 0 Å². The van der Waals surface area contributed by atoms with Gasteiger partial charge in [-0.3, -0.25) is 0 Å². The zero-order valence-electron chi connectivity index (χ0n) is 4.60. The Morgan fingerprint density at radius 1 is 1.80 bits per heavy atom. The van der Waals surface area contributed by atoms with Gasteiger partial charge in [0.25, 0.3) is 0 Å². The van der Waals surface area contributed by atoms with Gasteiger partial charge < -0.3 is 9.52 Å². The van der Waals surface area contributed by atoms with Crippen LogP contribution >= 0.6 is 27.5 Å². The van der Waals surface area contributed by atoms with Gasteiger partial charge in [-0.15, -0.1) is 0 Å². The molecule has 0 amide bonds. The van der Waals surface area contributed by atoms with E-state index in [1.807, 2.05) is 0 Å². The highest BCUT2D eigenvalue weighted by atomic mass is 79.9. The quantitative estimate of drug-likeness (QED) is 0.798. The van der Waals surface area contributed by atoms with Gasteiger partial charge in [-0.25, -0.2) is 4.79 Å². The Morgan fingerprint density at radius 3 is 2.60 bits per heavy atom. The lowest BCUT2D eigenvalue weighted by Crippen LogP contribution is -1.91. The van der Waals surface area contributed by atoms with Crippen LogP contribution in [0.1, 0.15) is 10.6 Å². The maximum Gasteiger partial charge on any atom is 0.371 e. The van der Waals surface area contributed by atoms with E-state index in [-0.39, 0.29) is 11.0 Å². The Hall–Kier alpha value is -0.480. The van der Waals surface area contributed by atoms with Gasteiger partial charge in [-0.2, -0.15) is 0 Å². The minimum Gasteiger partial charge on any atom is -0.475 e. The number of aromatic carboxylic acids is 1. The first kappa shape index (κ1) is 7.63. The van der Waals surface area contributed by atoms with E-state index in [2.05, 4.69) is 20.3 Å². The first-order valence-corrected chi connectivity index (χ1v) is 3.46. The lowest BCUT2D eigenvalue weighted by atomic mass is 10.5. The van der Waals surface area contributed by atoms with E-state index in [4.69, 9.17) is 16.7 Å². The first-order valence-electron chi connectivity index (χ1n) is 2.29. The van der Waals surface area contributed by atoms with E-state index in [1.165, 1.54) is 6.07 Å². The normalized spacial score (nSPS) is 9.80. The van der Waals surface area contributed by atoms with Crippen molar-refractivity contribution in [2.45, 2.75) is 0 Å². The van der Waals surface area contributed by atoms with E-state index < -0.39 is 5.97 Å². The largest absolute Gasteiger partial charge is 0.475 e. The molecule has 10 heavy (non-hydrogen) atoms. The molecule has 0 fully saturated rings. The van der Waals surface area contributed by atoms with Crippen molar-refractivity contribution in [2.75, 3.05) is 0 Å². The Balaban J connectivity index is 3.10. The molecule has 1 aromatic rings. The molecule has 54 valence electrons. The van der Waals surface area contributed by atoms with Crippen LogP contribution in [0, 0.1) is 0 Å². The zero-order chi connectivity index (χ0) is 7.72. The van der Waals surface area contributed by atoms with Crippen molar-refractivity contribution >= 4 is 33.5 Å². The van der Waals surface area contributed by atoms with Crippen LogP contribution in [0.3, 0.4) is 0 Å². The van der Waals surface area contributed by atoms with Gasteiger partial charge in [0.2, 0.25) is 11.0 Å². The summed E-state index contributed by atoms with van der Waals surface area (Å²) < 4.78 is 5.05. The molecular weight excluding hydrogens is 223 g/mol. The third-order valence-corrected chi connectivity index (χ3v) is 1.95. The summed E-state index contributed by atoms with van der Waals surface area (Å²) in [6.07, 6.45) is 0. The van der Waals surface area contributed by atoms with Gasteiger partial charge in [0, 0.05) is 6.07 Å². The van der Waals surface area contributed by atoms with Crippen molar-refractivity contribution in [1.29, 1.82) is 0 Å². The number of rotatable bonds is 1. The van der Waals surface area contributed by atoms with Crippen molar-refractivity contribution < 1.29 is 14.3 Å². The van der Waals surface area contributed by atoms with Crippen LogP contribution < -0.4 is 0 Å². The summed E-state index contributed by atoms with van der Waals surface area (Å²) in [5, 5.41) is 8.40. The summed E-state index contributed by atoms with van der Waals surface area (Å²) in [5.74, 6) is -1.30. The molecule has 0 unspecified atom stereocenters. The summed E-state index contributed by atoms with van der Waals surface area (Å²) in [4.78, 5) is 10.2. The monoisotopic (exact) mass is 224 g/mol. The first-order chi connectivity index (χ1) is 4.61. The maximum absolute atomic E-state index is 10.2. The van der Waals surface area contributed by atoms with Crippen molar-refractivity contribution in [3.8, 4) is 0 Å². The molecule has 0 spiro atoms. The SMILES string of the molecule is O=C(O)c1cc(Br)c(Cl)o1. The van der Waals surface area contributed by atoms with Gasteiger partial charge in [0.05, 0.1) is 4.47 Å². The molecule has 0 saturated carbocycles. The number of carboxylic acid groups (broad SMARTS) is 1. The number of carboxylic acids is 1. The Kier molecular flexibility index (Phi) is 2.01. The van der Waals surface area contributed by atoms with Gasteiger partial charge >= 0.3 is 5.97 Å². The standard InChI is InChI=1S/C5H2BrClO3/c6-2-1-3(5(8)9)10-4(2)7/h1H,(H,8,9). The second kappa shape index (κ2) is 2.64. The number of hydrogen-bond acceptors (Lipinski definition) is 2. The van der Waals surface area contributed by atoms with E-state index in [9.17, 15) is 4.79 Å². The van der Waals surface area contributed by atoms with Crippen LogP contribution in [-0.4, -0.2) is 11.1 Å². The van der Waals surface area contributed by atoms with E-state index >= 15 is 0 Å². The highest BCUT2D eigenvalue weighted by Gasteiger charge is 2.11. The van der Waals surface area contributed by atoms with Crippen LogP contribution in [0.5, 0.6) is 0 Å². The summed E-state index contributed by atoms with van der Waals surface area (Å²) in [7, 11) is 0. The molecule has 0 aliphatic carbocycles. The molecule has 1 rings (SSSR count). The molecule has 0 radical (unpaired) electrons. The summed E-state index contributed by atoms with van der Waals surface area (Å²) in [5.41, 5.74) is 0. The Labute approximate surface area is 69.7 Å². The van der Waals surface area contributed by atoms with Crippen molar-refractivity contribution in [3.63, 3.8) is 0 Å². The fourth-order valence-electron chi connectivity index (χ4n) is 0.452. The van der Waals surface area contributed by atoms with Crippen LogP contribution in [0.2, 0.25) is 5.22 Å². The van der Waals surface area contributed by atoms with Crippen LogP contribution in [0.15, 0.2) is 15.0 Å². The van der Waals surface area contributed by atoms with Crippen LogP contribution in [0.4, 0.5) is 0 Å². The third-order valence-electron chi connectivity index (χ3n) is 0.856. The van der Waals surface area contributed by atoms with Crippen molar-refractivity contribution in [3.05, 3.63) is 21.5 Å².